The van der Waals surface area contributed by atoms with E-state index in [-0.39, 0.29) is 5.92 Å². The Kier molecular flexibility index (Phi) is 4.55. The van der Waals surface area contributed by atoms with E-state index in [0.717, 1.165) is 31.6 Å². The lowest BCUT2D eigenvalue weighted by molar-refractivity contribution is 0.329. The molecule has 4 rings (SSSR count). The summed E-state index contributed by atoms with van der Waals surface area (Å²) in [5.74, 6) is 1.44. The van der Waals surface area contributed by atoms with Gasteiger partial charge in [0.25, 0.3) is 0 Å². The molecule has 1 fully saturated rings. The second-order valence-electron chi connectivity index (χ2n) is 6.21. The fourth-order valence-electron chi connectivity index (χ4n) is 3.18. The molecule has 0 radical (unpaired) electrons. The van der Waals surface area contributed by atoms with Crippen molar-refractivity contribution in [1.82, 2.24) is 15.1 Å². The number of nitrogens with zero attached hydrogens (tertiary/aromatic N) is 5. The van der Waals surface area contributed by atoms with Crippen molar-refractivity contribution in [3.8, 4) is 17.6 Å². The minimum absolute atomic E-state index is 0.241. The molecule has 0 atom stereocenters. The normalized spacial score (nSPS) is 15.0. The van der Waals surface area contributed by atoms with E-state index in [0.29, 0.717) is 28.0 Å². The third-order valence-corrected chi connectivity index (χ3v) is 4.93. The summed E-state index contributed by atoms with van der Waals surface area (Å²) in [5, 5.41) is 13.5. The zero-order valence-corrected chi connectivity index (χ0v) is 14.7. The number of pyridine rings is 1. The summed E-state index contributed by atoms with van der Waals surface area (Å²) < 4.78 is 5.47. The zero-order valence-electron chi connectivity index (χ0n) is 14.0. The lowest BCUT2D eigenvalue weighted by atomic mass is 9.96. The van der Waals surface area contributed by atoms with Crippen molar-refractivity contribution in [2.45, 2.75) is 18.8 Å². The van der Waals surface area contributed by atoms with E-state index in [4.69, 9.17) is 21.4 Å². The summed E-state index contributed by atoms with van der Waals surface area (Å²) in [4.78, 5) is 11.0. The minimum Gasteiger partial charge on any atom is -0.371 e. The van der Waals surface area contributed by atoms with E-state index in [2.05, 4.69) is 26.1 Å². The number of hydrogen-bond acceptors (Lipinski definition) is 6. The highest BCUT2D eigenvalue weighted by Crippen LogP contribution is 2.32. The van der Waals surface area contributed by atoms with E-state index in [1.807, 2.05) is 30.3 Å². The molecule has 0 bridgehead atoms. The fraction of sp³-hybridized carbons (Fsp3) is 0.263. The lowest BCUT2D eigenvalue weighted by Gasteiger charge is -2.32. The van der Waals surface area contributed by atoms with Gasteiger partial charge in [-0.3, -0.25) is 4.98 Å². The molecule has 2 aromatic heterocycles. The van der Waals surface area contributed by atoms with Crippen LogP contribution in [0.4, 0.5) is 5.69 Å². The molecule has 26 heavy (non-hydrogen) atoms. The number of anilines is 1. The molecule has 1 aliphatic rings. The van der Waals surface area contributed by atoms with Crippen LogP contribution >= 0.6 is 11.6 Å². The summed E-state index contributed by atoms with van der Waals surface area (Å²) in [7, 11) is 0. The summed E-state index contributed by atoms with van der Waals surface area (Å²) in [6, 6.07) is 13.3. The third-order valence-electron chi connectivity index (χ3n) is 4.62. The van der Waals surface area contributed by atoms with Crippen LogP contribution in [0.25, 0.3) is 11.5 Å². The van der Waals surface area contributed by atoms with Crippen LogP contribution in [0, 0.1) is 11.3 Å². The Labute approximate surface area is 156 Å². The Bertz CT molecular complexity index is 942. The number of nitriles is 1. The van der Waals surface area contributed by atoms with Gasteiger partial charge in [-0.05, 0) is 43.2 Å². The number of piperidine rings is 1. The zero-order chi connectivity index (χ0) is 17.9. The van der Waals surface area contributed by atoms with E-state index in [1.54, 1.807) is 12.3 Å². The van der Waals surface area contributed by atoms with Gasteiger partial charge in [0.15, 0.2) is 0 Å². The third kappa shape index (κ3) is 3.26. The maximum absolute atomic E-state index is 8.99. The van der Waals surface area contributed by atoms with Gasteiger partial charge in [0.05, 0.1) is 10.6 Å². The molecule has 0 saturated carbocycles. The molecule has 1 saturated heterocycles. The van der Waals surface area contributed by atoms with Gasteiger partial charge in [-0.25, -0.2) is 0 Å². The first-order valence-electron chi connectivity index (χ1n) is 8.44. The summed E-state index contributed by atoms with van der Waals surface area (Å²) in [6.07, 6.45) is 3.55. The van der Waals surface area contributed by atoms with Gasteiger partial charge < -0.3 is 9.42 Å². The van der Waals surface area contributed by atoms with Gasteiger partial charge in [-0.1, -0.05) is 22.8 Å². The number of halogens is 1. The molecule has 3 aromatic rings. The predicted molar refractivity (Wildman–Crippen MR) is 97.9 cm³/mol. The molecular weight excluding hydrogens is 350 g/mol. The number of hydrogen-bond donors (Lipinski definition) is 0. The molecule has 0 aliphatic carbocycles. The first kappa shape index (κ1) is 16.6. The topological polar surface area (TPSA) is 78.8 Å². The largest absolute Gasteiger partial charge is 0.371 e. The van der Waals surface area contributed by atoms with Gasteiger partial charge in [-0.15, -0.1) is 0 Å². The fourth-order valence-corrected chi connectivity index (χ4v) is 3.39. The Morgan fingerprint density at radius 2 is 2.04 bits per heavy atom. The number of aromatic nitrogens is 3. The Morgan fingerprint density at radius 3 is 2.73 bits per heavy atom. The van der Waals surface area contributed by atoms with Crippen LogP contribution in [0.1, 0.15) is 30.2 Å². The van der Waals surface area contributed by atoms with Crippen molar-refractivity contribution >= 4 is 17.3 Å². The van der Waals surface area contributed by atoms with Crippen molar-refractivity contribution in [1.29, 1.82) is 5.26 Å². The Hall–Kier alpha value is -2.91. The summed E-state index contributed by atoms with van der Waals surface area (Å²) >= 11 is 6.15. The van der Waals surface area contributed by atoms with Gasteiger partial charge in [0.2, 0.25) is 11.7 Å². The average Bonchev–Trinajstić information content (AvgIpc) is 3.19. The quantitative estimate of drug-likeness (QED) is 0.696. The van der Waals surface area contributed by atoms with Crippen molar-refractivity contribution in [2.24, 2.45) is 0 Å². The molecular formula is C19H16ClN5O. The van der Waals surface area contributed by atoms with Crippen LogP contribution in [-0.4, -0.2) is 28.2 Å². The summed E-state index contributed by atoms with van der Waals surface area (Å²) in [6.45, 7) is 1.74. The first-order valence-corrected chi connectivity index (χ1v) is 8.82. The average molecular weight is 366 g/mol. The standard InChI is InChI=1S/C19H16ClN5O/c20-16-11-15(5-4-14(16)12-21)25-9-6-13(7-10-25)19-23-18(24-26-19)17-3-1-2-8-22-17/h1-5,8,11,13H,6-7,9-10H2. The van der Waals surface area contributed by atoms with Crippen LogP contribution in [0.3, 0.4) is 0 Å². The van der Waals surface area contributed by atoms with Gasteiger partial charge in [-0.2, -0.15) is 10.2 Å². The maximum atomic E-state index is 8.99. The monoisotopic (exact) mass is 365 g/mol. The number of benzene rings is 1. The predicted octanol–water partition coefficient (Wildman–Crippen LogP) is 4.04. The molecule has 0 spiro atoms. The van der Waals surface area contributed by atoms with Gasteiger partial charge in [0, 0.05) is 30.9 Å². The van der Waals surface area contributed by atoms with Crippen molar-refractivity contribution in [2.75, 3.05) is 18.0 Å². The molecule has 130 valence electrons. The van der Waals surface area contributed by atoms with Crippen LogP contribution < -0.4 is 4.90 Å². The van der Waals surface area contributed by atoms with E-state index >= 15 is 0 Å². The van der Waals surface area contributed by atoms with Crippen LogP contribution in [-0.2, 0) is 0 Å². The van der Waals surface area contributed by atoms with Crippen molar-refractivity contribution < 1.29 is 4.52 Å². The van der Waals surface area contributed by atoms with Crippen molar-refractivity contribution in [3.05, 3.63) is 59.1 Å². The molecule has 7 heteroatoms. The van der Waals surface area contributed by atoms with Crippen LogP contribution in [0.5, 0.6) is 0 Å². The first-order chi connectivity index (χ1) is 12.7. The Morgan fingerprint density at radius 1 is 1.19 bits per heavy atom. The highest BCUT2D eigenvalue weighted by molar-refractivity contribution is 6.32. The van der Waals surface area contributed by atoms with Crippen LogP contribution in [0.15, 0.2) is 47.1 Å². The molecule has 6 nitrogen and oxygen atoms in total. The molecule has 1 aromatic carbocycles. The van der Waals surface area contributed by atoms with Gasteiger partial charge in [0.1, 0.15) is 11.8 Å². The lowest BCUT2D eigenvalue weighted by Crippen LogP contribution is -2.32. The van der Waals surface area contributed by atoms with E-state index in [1.165, 1.54) is 0 Å². The second kappa shape index (κ2) is 7.14. The minimum atomic E-state index is 0.241. The van der Waals surface area contributed by atoms with Gasteiger partial charge >= 0.3 is 0 Å². The maximum Gasteiger partial charge on any atom is 0.230 e. The van der Waals surface area contributed by atoms with E-state index < -0.39 is 0 Å². The molecule has 0 amide bonds. The molecule has 0 N–H and O–H groups in total. The SMILES string of the molecule is N#Cc1ccc(N2CCC(c3nc(-c4ccccn4)no3)CC2)cc1Cl. The second-order valence-corrected chi connectivity index (χ2v) is 6.62. The summed E-state index contributed by atoms with van der Waals surface area (Å²) in [5.41, 5.74) is 2.25. The Balaban J connectivity index is 1.43. The smallest absolute Gasteiger partial charge is 0.230 e. The van der Waals surface area contributed by atoms with Crippen LogP contribution in [0.2, 0.25) is 5.02 Å². The number of rotatable bonds is 3. The molecule has 0 unspecified atom stereocenters. The highest BCUT2D eigenvalue weighted by atomic mass is 35.5. The van der Waals surface area contributed by atoms with Crippen molar-refractivity contribution in [3.63, 3.8) is 0 Å². The highest BCUT2D eigenvalue weighted by Gasteiger charge is 2.26. The molecule has 1 aliphatic heterocycles. The molecule has 3 heterocycles. The van der Waals surface area contributed by atoms with E-state index in [9.17, 15) is 0 Å².